The van der Waals surface area contributed by atoms with Gasteiger partial charge in [0.2, 0.25) is 16.0 Å². The van der Waals surface area contributed by atoms with Gasteiger partial charge in [-0.05, 0) is 38.2 Å². The molecule has 162 valence electrons. The summed E-state index contributed by atoms with van der Waals surface area (Å²) in [5.41, 5.74) is 0.0453. The average Bonchev–Trinajstić information content (AvgIpc) is 2.77. The highest BCUT2D eigenvalue weighted by Gasteiger charge is 2.21. The lowest BCUT2D eigenvalue weighted by molar-refractivity contribution is -0.384. The third kappa shape index (κ3) is 5.40. The summed E-state index contributed by atoms with van der Waals surface area (Å²) in [5.74, 6) is 0.745. The molecule has 0 atom stereocenters. The van der Waals surface area contributed by atoms with Gasteiger partial charge in [-0.3, -0.25) is 15.0 Å². The van der Waals surface area contributed by atoms with E-state index >= 15 is 0 Å². The van der Waals surface area contributed by atoms with Crippen molar-refractivity contribution in [3.8, 4) is 0 Å². The fourth-order valence-corrected chi connectivity index (χ4v) is 4.00. The van der Waals surface area contributed by atoms with Gasteiger partial charge in [-0.1, -0.05) is 0 Å². The zero-order valence-electron chi connectivity index (χ0n) is 16.7. The molecule has 0 unspecified atom stereocenters. The molecule has 1 aliphatic heterocycles. The van der Waals surface area contributed by atoms with Crippen LogP contribution in [0.4, 0.5) is 17.3 Å². The molecular weight excluding hydrogens is 410 g/mol. The Balaban J connectivity index is 1.48. The predicted molar refractivity (Wildman–Crippen MR) is 113 cm³/mol. The second kappa shape index (κ2) is 9.78. The number of nitro benzene ring substituents is 1. The van der Waals surface area contributed by atoms with E-state index in [0.717, 1.165) is 51.2 Å². The lowest BCUT2D eigenvalue weighted by atomic mass is 10.2. The number of rotatable bonds is 9. The van der Waals surface area contributed by atoms with E-state index in [9.17, 15) is 18.5 Å². The van der Waals surface area contributed by atoms with Gasteiger partial charge < -0.3 is 10.2 Å². The largest absolute Gasteiger partial charge is 0.379 e. The summed E-state index contributed by atoms with van der Waals surface area (Å²) in [7, 11) is -2.47. The number of anilines is 2. The molecule has 1 aromatic carbocycles. The summed E-state index contributed by atoms with van der Waals surface area (Å²) >= 11 is 0. The van der Waals surface area contributed by atoms with Gasteiger partial charge in [-0.25, -0.2) is 23.1 Å². The van der Waals surface area contributed by atoms with Crippen molar-refractivity contribution >= 4 is 27.3 Å². The van der Waals surface area contributed by atoms with E-state index in [1.54, 1.807) is 18.5 Å². The van der Waals surface area contributed by atoms with Gasteiger partial charge in [0.15, 0.2) is 0 Å². The Bertz CT molecular complexity index is 964. The number of hydrogen-bond acceptors (Lipinski definition) is 9. The summed E-state index contributed by atoms with van der Waals surface area (Å²) in [4.78, 5) is 23.7. The molecule has 0 saturated carbocycles. The van der Waals surface area contributed by atoms with Crippen LogP contribution < -0.4 is 14.9 Å². The molecule has 0 amide bonds. The Kier molecular flexibility index (Phi) is 7.13. The van der Waals surface area contributed by atoms with E-state index in [1.165, 1.54) is 19.2 Å². The van der Waals surface area contributed by atoms with Gasteiger partial charge in [-0.2, -0.15) is 0 Å². The summed E-state index contributed by atoms with van der Waals surface area (Å²) in [6.07, 6.45) is 4.27. The number of nitro groups is 1. The average molecular weight is 436 g/mol. The standard InChI is InChI=1S/C18H25N7O4S/c1-19-30(28,29)15-4-5-16(17(14-15)25(26)27)20-8-3-9-23-10-12-24(13-11-23)18-21-6-2-7-22-18/h2,4-7,14,19-20H,3,8-13H2,1H3. The van der Waals surface area contributed by atoms with Crippen molar-refractivity contribution in [2.45, 2.75) is 11.3 Å². The third-order valence-corrected chi connectivity index (χ3v) is 6.33. The molecule has 2 N–H and O–H groups in total. The van der Waals surface area contributed by atoms with E-state index < -0.39 is 14.9 Å². The molecule has 1 aromatic heterocycles. The summed E-state index contributed by atoms with van der Waals surface area (Å²) in [5, 5.41) is 14.4. The zero-order valence-corrected chi connectivity index (χ0v) is 17.5. The molecule has 0 spiro atoms. The molecular formula is C18H25N7O4S. The highest BCUT2D eigenvalue weighted by Crippen LogP contribution is 2.27. The first-order chi connectivity index (χ1) is 14.4. The molecule has 0 radical (unpaired) electrons. The summed E-state index contributed by atoms with van der Waals surface area (Å²) in [6.45, 7) is 4.90. The van der Waals surface area contributed by atoms with Crippen molar-refractivity contribution in [1.29, 1.82) is 0 Å². The van der Waals surface area contributed by atoms with Gasteiger partial charge in [-0.15, -0.1) is 0 Å². The smallest absolute Gasteiger partial charge is 0.293 e. The van der Waals surface area contributed by atoms with Crippen LogP contribution in [0.2, 0.25) is 0 Å². The van der Waals surface area contributed by atoms with Crippen LogP contribution in [0.3, 0.4) is 0 Å². The van der Waals surface area contributed by atoms with Crippen molar-refractivity contribution in [3.63, 3.8) is 0 Å². The van der Waals surface area contributed by atoms with Crippen LogP contribution in [-0.2, 0) is 10.0 Å². The Labute approximate surface area is 175 Å². The number of nitrogens with zero attached hydrogens (tertiary/aromatic N) is 5. The van der Waals surface area contributed by atoms with Crippen LogP contribution in [-0.4, -0.2) is 74.5 Å². The zero-order chi connectivity index (χ0) is 21.6. The molecule has 11 nitrogen and oxygen atoms in total. The molecule has 30 heavy (non-hydrogen) atoms. The van der Waals surface area contributed by atoms with Crippen LogP contribution in [0.1, 0.15) is 6.42 Å². The van der Waals surface area contributed by atoms with Crippen molar-refractivity contribution in [2.75, 3.05) is 56.5 Å². The molecule has 0 bridgehead atoms. The summed E-state index contributed by atoms with van der Waals surface area (Å²) < 4.78 is 25.9. The fourth-order valence-electron chi connectivity index (χ4n) is 3.25. The van der Waals surface area contributed by atoms with Gasteiger partial charge in [0.05, 0.1) is 9.82 Å². The van der Waals surface area contributed by atoms with Gasteiger partial charge in [0, 0.05) is 51.2 Å². The normalized spacial score (nSPS) is 15.2. The monoisotopic (exact) mass is 435 g/mol. The van der Waals surface area contributed by atoms with E-state index in [0.29, 0.717) is 12.2 Å². The molecule has 1 fully saturated rings. The van der Waals surface area contributed by atoms with Crippen LogP contribution in [0.25, 0.3) is 0 Å². The first-order valence-electron chi connectivity index (χ1n) is 9.61. The number of hydrogen-bond donors (Lipinski definition) is 2. The number of benzene rings is 1. The predicted octanol–water partition coefficient (Wildman–Crippen LogP) is 0.917. The second-order valence-electron chi connectivity index (χ2n) is 6.80. The fraction of sp³-hybridized carbons (Fsp3) is 0.444. The van der Waals surface area contributed by atoms with Crippen molar-refractivity contribution < 1.29 is 13.3 Å². The maximum Gasteiger partial charge on any atom is 0.293 e. The molecule has 2 heterocycles. The van der Waals surface area contributed by atoms with Crippen LogP contribution in [0.5, 0.6) is 0 Å². The first-order valence-corrected chi connectivity index (χ1v) is 11.1. The van der Waals surface area contributed by atoms with Crippen molar-refractivity contribution in [3.05, 3.63) is 46.8 Å². The first kappa shape index (κ1) is 21.9. The lowest BCUT2D eigenvalue weighted by Crippen LogP contribution is -2.47. The Morgan fingerprint density at radius 2 is 1.87 bits per heavy atom. The Hall–Kier alpha value is -2.83. The van der Waals surface area contributed by atoms with Crippen molar-refractivity contribution in [2.24, 2.45) is 0 Å². The van der Waals surface area contributed by atoms with Gasteiger partial charge in [0.1, 0.15) is 5.69 Å². The van der Waals surface area contributed by atoms with Crippen LogP contribution in [0, 0.1) is 10.1 Å². The van der Waals surface area contributed by atoms with Crippen molar-refractivity contribution in [1.82, 2.24) is 19.6 Å². The quantitative estimate of drug-likeness (QED) is 0.335. The maximum atomic E-state index is 11.9. The van der Waals surface area contributed by atoms with Crippen LogP contribution in [0.15, 0.2) is 41.6 Å². The van der Waals surface area contributed by atoms with Gasteiger partial charge in [0.25, 0.3) is 5.69 Å². The molecule has 1 saturated heterocycles. The van der Waals surface area contributed by atoms with E-state index in [-0.39, 0.29) is 10.6 Å². The molecule has 12 heteroatoms. The SMILES string of the molecule is CNS(=O)(=O)c1ccc(NCCCN2CCN(c3ncccn3)CC2)c([N+](=O)[O-])c1. The van der Waals surface area contributed by atoms with Gasteiger partial charge >= 0.3 is 0 Å². The highest BCUT2D eigenvalue weighted by molar-refractivity contribution is 7.89. The molecule has 1 aliphatic rings. The minimum absolute atomic E-state index is 0.137. The van der Waals surface area contributed by atoms with E-state index in [2.05, 4.69) is 29.8 Å². The molecule has 2 aromatic rings. The molecule has 3 rings (SSSR count). The maximum absolute atomic E-state index is 11.9. The van der Waals surface area contributed by atoms with E-state index in [4.69, 9.17) is 0 Å². The number of aromatic nitrogens is 2. The minimum Gasteiger partial charge on any atom is -0.379 e. The number of piperazine rings is 1. The highest BCUT2D eigenvalue weighted by atomic mass is 32.2. The summed E-state index contributed by atoms with van der Waals surface area (Å²) in [6, 6.07) is 5.65. The number of sulfonamides is 1. The Morgan fingerprint density at radius 3 is 2.50 bits per heavy atom. The van der Waals surface area contributed by atoms with Crippen LogP contribution >= 0.6 is 0 Å². The second-order valence-corrected chi connectivity index (χ2v) is 8.69. The topological polar surface area (TPSA) is 134 Å². The Morgan fingerprint density at radius 1 is 1.17 bits per heavy atom. The third-order valence-electron chi connectivity index (χ3n) is 4.92. The lowest BCUT2D eigenvalue weighted by Gasteiger charge is -2.34. The number of nitrogens with one attached hydrogen (secondary N) is 2. The molecule has 0 aliphatic carbocycles. The van der Waals surface area contributed by atoms with E-state index in [1.807, 2.05) is 0 Å². The minimum atomic E-state index is -3.74.